The van der Waals surface area contributed by atoms with E-state index < -0.39 is 0 Å². The van der Waals surface area contributed by atoms with E-state index in [2.05, 4.69) is 5.10 Å². The smallest absolute Gasteiger partial charge is 0.141 e. The summed E-state index contributed by atoms with van der Waals surface area (Å²) in [6.45, 7) is 4.41. The molecular weight excluding hydrogens is 238 g/mol. The minimum Gasteiger partial charge on any atom is -0.330 e. The van der Waals surface area contributed by atoms with Crippen LogP contribution in [-0.4, -0.2) is 22.1 Å². The Labute approximate surface area is 107 Å². The molecule has 1 aromatic heterocycles. The van der Waals surface area contributed by atoms with Gasteiger partial charge < -0.3 is 5.73 Å². The van der Waals surface area contributed by atoms with Crippen LogP contribution in [0.3, 0.4) is 0 Å². The van der Waals surface area contributed by atoms with Gasteiger partial charge in [-0.1, -0.05) is 18.5 Å². The van der Waals surface area contributed by atoms with E-state index >= 15 is 0 Å². The molecular formula is C12H20ClN3O. The quantitative estimate of drug-likeness (QED) is 0.846. The fourth-order valence-electron chi connectivity index (χ4n) is 1.80. The summed E-state index contributed by atoms with van der Waals surface area (Å²) < 4.78 is 1.69. The lowest BCUT2D eigenvalue weighted by molar-refractivity contribution is -0.122. The van der Waals surface area contributed by atoms with Crippen LogP contribution in [0.1, 0.15) is 31.2 Å². The monoisotopic (exact) mass is 257 g/mol. The molecule has 0 aliphatic carbocycles. The van der Waals surface area contributed by atoms with Gasteiger partial charge in [0.1, 0.15) is 5.78 Å². The summed E-state index contributed by atoms with van der Waals surface area (Å²) in [7, 11) is 1.81. The second-order valence-electron chi connectivity index (χ2n) is 4.44. The molecule has 0 aliphatic rings. The predicted octanol–water partition coefficient (Wildman–Crippen LogP) is 1.87. The third-order valence-electron chi connectivity index (χ3n) is 2.99. The molecule has 0 saturated carbocycles. The highest BCUT2D eigenvalue weighted by Gasteiger charge is 2.18. The van der Waals surface area contributed by atoms with Crippen LogP contribution in [0.4, 0.5) is 0 Å². The molecule has 0 radical (unpaired) electrons. The van der Waals surface area contributed by atoms with Gasteiger partial charge in [0.2, 0.25) is 0 Å². The van der Waals surface area contributed by atoms with Crippen LogP contribution >= 0.6 is 11.6 Å². The molecule has 0 amide bonds. The van der Waals surface area contributed by atoms with Crippen LogP contribution in [0.25, 0.3) is 0 Å². The number of halogens is 1. The van der Waals surface area contributed by atoms with E-state index in [-0.39, 0.29) is 11.7 Å². The largest absolute Gasteiger partial charge is 0.330 e. The van der Waals surface area contributed by atoms with E-state index in [1.807, 2.05) is 20.9 Å². The zero-order chi connectivity index (χ0) is 13.0. The molecule has 0 fully saturated rings. The average Bonchev–Trinajstić information content (AvgIpc) is 2.52. The molecule has 2 N–H and O–H groups in total. The summed E-state index contributed by atoms with van der Waals surface area (Å²) in [5, 5.41) is 4.80. The van der Waals surface area contributed by atoms with Crippen molar-refractivity contribution < 1.29 is 4.79 Å². The Balaban J connectivity index is 2.67. The zero-order valence-electron chi connectivity index (χ0n) is 10.7. The number of Topliss-reactive ketones (excluding diaryl/α,β-unsaturated/α-hetero) is 1. The minimum absolute atomic E-state index is 0.0322. The van der Waals surface area contributed by atoms with E-state index in [0.717, 1.165) is 24.2 Å². The predicted molar refractivity (Wildman–Crippen MR) is 69.1 cm³/mol. The molecule has 4 nitrogen and oxygen atoms in total. The van der Waals surface area contributed by atoms with Crippen molar-refractivity contribution in [2.75, 3.05) is 6.54 Å². The lowest BCUT2D eigenvalue weighted by Gasteiger charge is -2.09. The highest BCUT2D eigenvalue weighted by molar-refractivity contribution is 6.32. The van der Waals surface area contributed by atoms with Crippen molar-refractivity contribution in [1.82, 2.24) is 9.78 Å². The van der Waals surface area contributed by atoms with E-state index in [1.54, 1.807) is 4.68 Å². The summed E-state index contributed by atoms with van der Waals surface area (Å²) in [5.41, 5.74) is 7.00. The van der Waals surface area contributed by atoms with E-state index in [0.29, 0.717) is 18.0 Å². The Hall–Kier alpha value is -0.870. The van der Waals surface area contributed by atoms with Gasteiger partial charge in [0.15, 0.2) is 0 Å². The van der Waals surface area contributed by atoms with Gasteiger partial charge in [-0.2, -0.15) is 5.10 Å². The van der Waals surface area contributed by atoms with Crippen molar-refractivity contribution in [3.8, 4) is 0 Å². The van der Waals surface area contributed by atoms with Crippen LogP contribution < -0.4 is 5.73 Å². The maximum atomic E-state index is 12.0. The molecule has 0 spiro atoms. The molecule has 1 heterocycles. The highest BCUT2D eigenvalue weighted by Crippen LogP contribution is 2.21. The number of carbonyl (C=O) groups is 1. The van der Waals surface area contributed by atoms with Gasteiger partial charge in [0.05, 0.1) is 22.8 Å². The number of rotatable bonds is 6. The van der Waals surface area contributed by atoms with E-state index in [9.17, 15) is 4.79 Å². The number of nitrogens with zero attached hydrogens (tertiary/aromatic N) is 2. The fraction of sp³-hybridized carbons (Fsp3) is 0.667. The van der Waals surface area contributed by atoms with Crippen molar-refractivity contribution in [2.24, 2.45) is 18.7 Å². The van der Waals surface area contributed by atoms with Crippen LogP contribution in [0.2, 0.25) is 5.02 Å². The number of aryl methyl sites for hydroxylation is 2. The highest BCUT2D eigenvalue weighted by atomic mass is 35.5. The molecule has 0 aliphatic heterocycles. The van der Waals surface area contributed by atoms with Gasteiger partial charge in [-0.3, -0.25) is 9.48 Å². The molecule has 0 bridgehead atoms. The zero-order valence-corrected chi connectivity index (χ0v) is 11.4. The Kier molecular flexibility index (Phi) is 5.15. The average molecular weight is 258 g/mol. The van der Waals surface area contributed by atoms with Gasteiger partial charge in [-0.05, 0) is 26.3 Å². The lowest BCUT2D eigenvalue weighted by Crippen LogP contribution is -2.17. The Morgan fingerprint density at radius 1 is 1.59 bits per heavy atom. The SMILES string of the molecule is Cc1nn(C)c(CC(=O)C(C)CCCN)c1Cl. The van der Waals surface area contributed by atoms with E-state index in [1.165, 1.54) is 0 Å². The number of carbonyl (C=O) groups excluding carboxylic acids is 1. The maximum Gasteiger partial charge on any atom is 0.141 e. The summed E-state index contributed by atoms with van der Waals surface area (Å²) in [5.74, 6) is 0.230. The Morgan fingerprint density at radius 2 is 2.24 bits per heavy atom. The van der Waals surface area contributed by atoms with Gasteiger partial charge in [0.25, 0.3) is 0 Å². The molecule has 1 atom stereocenters. The first-order valence-electron chi connectivity index (χ1n) is 5.88. The molecule has 0 aromatic carbocycles. The first kappa shape index (κ1) is 14.2. The van der Waals surface area contributed by atoms with Crippen LogP contribution in [0.15, 0.2) is 0 Å². The fourth-order valence-corrected chi connectivity index (χ4v) is 2.02. The summed E-state index contributed by atoms with van der Waals surface area (Å²) >= 11 is 6.11. The van der Waals surface area contributed by atoms with Crippen molar-refractivity contribution in [2.45, 2.75) is 33.1 Å². The Morgan fingerprint density at radius 3 is 2.71 bits per heavy atom. The molecule has 5 heteroatoms. The van der Waals surface area contributed by atoms with Gasteiger partial charge in [-0.15, -0.1) is 0 Å². The van der Waals surface area contributed by atoms with Crippen molar-refractivity contribution in [3.63, 3.8) is 0 Å². The number of ketones is 1. The van der Waals surface area contributed by atoms with Crippen LogP contribution in [0, 0.1) is 12.8 Å². The third-order valence-corrected chi connectivity index (χ3v) is 3.49. The van der Waals surface area contributed by atoms with Crippen LogP contribution in [-0.2, 0) is 18.3 Å². The minimum atomic E-state index is 0.0322. The van der Waals surface area contributed by atoms with Crippen molar-refractivity contribution in [3.05, 3.63) is 16.4 Å². The summed E-state index contributed by atoms with van der Waals surface area (Å²) in [6.07, 6.45) is 2.07. The number of aromatic nitrogens is 2. The molecule has 0 saturated heterocycles. The molecule has 96 valence electrons. The summed E-state index contributed by atoms with van der Waals surface area (Å²) in [4.78, 5) is 12.0. The maximum absolute atomic E-state index is 12.0. The number of hydrogen-bond donors (Lipinski definition) is 1. The van der Waals surface area contributed by atoms with E-state index in [4.69, 9.17) is 17.3 Å². The number of nitrogens with two attached hydrogens (primary N) is 1. The van der Waals surface area contributed by atoms with Gasteiger partial charge >= 0.3 is 0 Å². The number of hydrogen-bond acceptors (Lipinski definition) is 3. The van der Waals surface area contributed by atoms with Crippen molar-refractivity contribution in [1.29, 1.82) is 0 Å². The first-order valence-corrected chi connectivity index (χ1v) is 6.26. The normalized spacial score (nSPS) is 12.8. The van der Waals surface area contributed by atoms with Gasteiger partial charge in [0, 0.05) is 13.0 Å². The molecule has 1 unspecified atom stereocenters. The van der Waals surface area contributed by atoms with Crippen molar-refractivity contribution >= 4 is 17.4 Å². The second-order valence-corrected chi connectivity index (χ2v) is 4.82. The van der Waals surface area contributed by atoms with Gasteiger partial charge in [-0.25, -0.2) is 0 Å². The lowest BCUT2D eigenvalue weighted by atomic mass is 9.97. The molecule has 1 aromatic rings. The third kappa shape index (κ3) is 3.54. The molecule has 1 rings (SSSR count). The topological polar surface area (TPSA) is 60.9 Å². The summed E-state index contributed by atoms with van der Waals surface area (Å²) in [6, 6.07) is 0. The first-order chi connectivity index (χ1) is 7.97. The second kappa shape index (κ2) is 6.17. The molecule has 17 heavy (non-hydrogen) atoms. The van der Waals surface area contributed by atoms with Crippen LogP contribution in [0.5, 0.6) is 0 Å². The Bertz CT molecular complexity index is 401. The standard InChI is InChI=1S/C12H20ClN3O/c1-8(5-4-6-14)11(17)7-10-12(13)9(2)15-16(10)3/h8H,4-7,14H2,1-3H3.